The summed E-state index contributed by atoms with van der Waals surface area (Å²) in [6.45, 7) is 2.74. The Labute approximate surface area is 81.1 Å². The van der Waals surface area contributed by atoms with E-state index in [4.69, 9.17) is 4.74 Å². The first-order valence-electron chi connectivity index (χ1n) is 4.12. The van der Waals surface area contributed by atoms with E-state index in [0.29, 0.717) is 0 Å². The van der Waals surface area contributed by atoms with E-state index in [9.17, 15) is 13.9 Å². The van der Waals surface area contributed by atoms with Crippen molar-refractivity contribution in [3.63, 3.8) is 0 Å². The molecule has 2 nitrogen and oxygen atoms in total. The second-order valence-electron chi connectivity index (χ2n) is 3.50. The highest BCUT2D eigenvalue weighted by molar-refractivity contribution is 5.39. The molecule has 0 unspecified atom stereocenters. The third-order valence-electron chi connectivity index (χ3n) is 1.89. The first-order valence-corrected chi connectivity index (χ1v) is 4.12. The molecule has 0 radical (unpaired) electrons. The van der Waals surface area contributed by atoms with E-state index in [2.05, 4.69) is 0 Å². The average molecular weight is 202 g/mol. The van der Waals surface area contributed by atoms with Crippen LogP contribution >= 0.6 is 0 Å². The summed E-state index contributed by atoms with van der Waals surface area (Å²) in [5, 5.41) is 9.62. The molecule has 1 rings (SSSR count). The summed E-state index contributed by atoms with van der Waals surface area (Å²) >= 11 is 0. The van der Waals surface area contributed by atoms with Crippen molar-refractivity contribution in [1.29, 1.82) is 0 Å². The predicted molar refractivity (Wildman–Crippen MR) is 48.2 cm³/mol. The van der Waals surface area contributed by atoms with Crippen LogP contribution in [0.25, 0.3) is 0 Å². The van der Waals surface area contributed by atoms with Crippen LogP contribution in [0.15, 0.2) is 12.1 Å². The molecule has 78 valence electrons. The summed E-state index contributed by atoms with van der Waals surface area (Å²) in [6, 6.07) is 2.25. The lowest BCUT2D eigenvalue weighted by Crippen LogP contribution is -2.19. The first kappa shape index (κ1) is 10.9. The van der Waals surface area contributed by atoms with E-state index >= 15 is 0 Å². The van der Waals surface area contributed by atoms with Gasteiger partial charge in [-0.1, -0.05) is 0 Å². The molecule has 14 heavy (non-hydrogen) atoms. The minimum absolute atomic E-state index is 0.136. The highest BCUT2D eigenvalue weighted by atomic mass is 19.2. The standard InChI is InChI=1S/C10H12F2O2/c1-10(2,13)8-7(14-3)5-4-6(11)9(8)12/h4-5,13H,1-3H3. The van der Waals surface area contributed by atoms with Crippen molar-refractivity contribution >= 4 is 0 Å². The maximum atomic E-state index is 13.3. The highest BCUT2D eigenvalue weighted by Gasteiger charge is 2.27. The number of hydrogen-bond acceptors (Lipinski definition) is 2. The predicted octanol–water partition coefficient (Wildman–Crippen LogP) is 2.20. The second-order valence-corrected chi connectivity index (χ2v) is 3.50. The fourth-order valence-electron chi connectivity index (χ4n) is 1.27. The van der Waals surface area contributed by atoms with Crippen LogP contribution in [0.1, 0.15) is 19.4 Å². The van der Waals surface area contributed by atoms with Gasteiger partial charge in [0.25, 0.3) is 0 Å². The van der Waals surface area contributed by atoms with Gasteiger partial charge < -0.3 is 9.84 Å². The molecule has 0 heterocycles. The summed E-state index contributed by atoms with van der Waals surface area (Å²) < 4.78 is 31.1. The van der Waals surface area contributed by atoms with Crippen LogP contribution < -0.4 is 4.74 Å². The monoisotopic (exact) mass is 202 g/mol. The van der Waals surface area contributed by atoms with Gasteiger partial charge in [0, 0.05) is 0 Å². The molecule has 0 spiro atoms. The van der Waals surface area contributed by atoms with Crippen LogP contribution in [0.4, 0.5) is 8.78 Å². The molecule has 0 aliphatic heterocycles. The minimum Gasteiger partial charge on any atom is -0.496 e. The molecule has 0 fully saturated rings. The van der Waals surface area contributed by atoms with Gasteiger partial charge in [-0.15, -0.1) is 0 Å². The first-order chi connectivity index (χ1) is 6.38. The van der Waals surface area contributed by atoms with Crippen LogP contribution in [0, 0.1) is 11.6 Å². The van der Waals surface area contributed by atoms with Gasteiger partial charge in [0.15, 0.2) is 11.6 Å². The van der Waals surface area contributed by atoms with E-state index in [1.165, 1.54) is 27.0 Å². The normalized spacial score (nSPS) is 11.6. The van der Waals surface area contributed by atoms with Gasteiger partial charge in [0.05, 0.1) is 18.3 Å². The number of aliphatic hydroxyl groups is 1. The smallest absolute Gasteiger partial charge is 0.168 e. The van der Waals surface area contributed by atoms with E-state index < -0.39 is 17.2 Å². The minimum atomic E-state index is -1.47. The fourth-order valence-corrected chi connectivity index (χ4v) is 1.27. The van der Waals surface area contributed by atoms with Gasteiger partial charge in [-0.05, 0) is 26.0 Å². The summed E-state index contributed by atoms with van der Waals surface area (Å²) in [5.41, 5.74) is -1.64. The molecule has 0 bridgehead atoms. The van der Waals surface area contributed by atoms with Gasteiger partial charge in [-0.2, -0.15) is 0 Å². The lowest BCUT2D eigenvalue weighted by molar-refractivity contribution is 0.0705. The number of methoxy groups -OCH3 is 1. The lowest BCUT2D eigenvalue weighted by Gasteiger charge is -2.21. The van der Waals surface area contributed by atoms with E-state index in [-0.39, 0.29) is 11.3 Å². The van der Waals surface area contributed by atoms with Crippen molar-refractivity contribution in [3.8, 4) is 5.75 Å². The quantitative estimate of drug-likeness (QED) is 0.796. The Morgan fingerprint density at radius 2 is 1.86 bits per heavy atom. The molecule has 1 aromatic rings. The number of hydrogen-bond donors (Lipinski definition) is 1. The molecule has 0 saturated heterocycles. The SMILES string of the molecule is COc1ccc(F)c(F)c1C(C)(C)O. The molecule has 1 aromatic carbocycles. The molecule has 0 aromatic heterocycles. The zero-order valence-electron chi connectivity index (χ0n) is 8.27. The van der Waals surface area contributed by atoms with Gasteiger partial charge in [0.1, 0.15) is 5.75 Å². The van der Waals surface area contributed by atoms with Crippen LogP contribution in [-0.4, -0.2) is 12.2 Å². The topological polar surface area (TPSA) is 29.5 Å². The van der Waals surface area contributed by atoms with Crippen molar-refractivity contribution in [2.24, 2.45) is 0 Å². The number of ether oxygens (including phenoxy) is 1. The maximum Gasteiger partial charge on any atom is 0.168 e. The number of rotatable bonds is 2. The Hall–Kier alpha value is -1.16. The molecule has 1 N–H and O–H groups in total. The third-order valence-corrected chi connectivity index (χ3v) is 1.89. The van der Waals surface area contributed by atoms with Gasteiger partial charge in [-0.3, -0.25) is 0 Å². The molecular weight excluding hydrogens is 190 g/mol. The maximum absolute atomic E-state index is 13.3. The fraction of sp³-hybridized carbons (Fsp3) is 0.400. The van der Waals surface area contributed by atoms with Crippen LogP contribution in [0.5, 0.6) is 5.75 Å². The van der Waals surface area contributed by atoms with E-state index in [1.54, 1.807) is 0 Å². The van der Waals surface area contributed by atoms with Crippen molar-refractivity contribution in [3.05, 3.63) is 29.3 Å². The van der Waals surface area contributed by atoms with Crippen molar-refractivity contribution in [1.82, 2.24) is 0 Å². The average Bonchev–Trinajstić information content (AvgIpc) is 2.07. The Morgan fingerprint density at radius 1 is 1.29 bits per heavy atom. The lowest BCUT2D eigenvalue weighted by atomic mass is 9.96. The summed E-state index contributed by atoms with van der Waals surface area (Å²) in [7, 11) is 1.34. The summed E-state index contributed by atoms with van der Waals surface area (Å²) in [4.78, 5) is 0. The molecular formula is C10H12F2O2. The Kier molecular flexibility index (Phi) is 2.76. The Balaban J connectivity index is 3.44. The van der Waals surface area contributed by atoms with Crippen LogP contribution in [0.2, 0.25) is 0 Å². The van der Waals surface area contributed by atoms with Gasteiger partial charge in [0.2, 0.25) is 0 Å². The van der Waals surface area contributed by atoms with Gasteiger partial charge >= 0.3 is 0 Å². The Morgan fingerprint density at radius 3 is 2.29 bits per heavy atom. The molecule has 4 heteroatoms. The Bertz CT molecular complexity index is 343. The second kappa shape index (κ2) is 3.53. The van der Waals surface area contributed by atoms with Crippen LogP contribution in [-0.2, 0) is 5.60 Å². The molecule has 0 aliphatic rings. The van der Waals surface area contributed by atoms with Crippen molar-refractivity contribution in [2.45, 2.75) is 19.4 Å². The molecule has 0 atom stereocenters. The van der Waals surface area contributed by atoms with Crippen LogP contribution in [0.3, 0.4) is 0 Å². The van der Waals surface area contributed by atoms with E-state index in [0.717, 1.165) is 6.07 Å². The van der Waals surface area contributed by atoms with Crippen molar-refractivity contribution < 1.29 is 18.6 Å². The third kappa shape index (κ3) is 1.85. The molecule has 0 aliphatic carbocycles. The molecule has 0 saturated carbocycles. The highest BCUT2D eigenvalue weighted by Crippen LogP contribution is 2.32. The summed E-state index contributed by atoms with van der Waals surface area (Å²) in [5.74, 6) is -1.93. The van der Waals surface area contributed by atoms with Crippen molar-refractivity contribution in [2.75, 3.05) is 7.11 Å². The number of benzene rings is 1. The largest absolute Gasteiger partial charge is 0.496 e. The van der Waals surface area contributed by atoms with Gasteiger partial charge in [-0.25, -0.2) is 8.78 Å². The summed E-state index contributed by atoms with van der Waals surface area (Å²) in [6.07, 6.45) is 0. The number of halogens is 2. The zero-order valence-corrected chi connectivity index (χ0v) is 8.27. The van der Waals surface area contributed by atoms with E-state index in [1.807, 2.05) is 0 Å². The zero-order chi connectivity index (χ0) is 10.9. The molecule has 0 amide bonds.